The Morgan fingerprint density at radius 2 is 2.00 bits per heavy atom. The fourth-order valence-electron chi connectivity index (χ4n) is 2.21. The summed E-state index contributed by atoms with van der Waals surface area (Å²) in [5, 5.41) is 13.1. The normalized spacial score (nSPS) is 12.0. The van der Waals surface area contributed by atoms with E-state index in [0.717, 1.165) is 19.3 Å². The maximum atomic E-state index is 12.3. The highest BCUT2D eigenvalue weighted by Gasteiger charge is 2.23. The van der Waals surface area contributed by atoms with Crippen molar-refractivity contribution in [1.82, 2.24) is 14.5 Å². The highest BCUT2D eigenvalue weighted by molar-refractivity contribution is 7.89. The average molecular weight is 319 g/mol. The predicted octanol–water partition coefficient (Wildman–Crippen LogP) is 0.587. The summed E-state index contributed by atoms with van der Waals surface area (Å²) in [7, 11) is -1.91. The van der Waals surface area contributed by atoms with Crippen molar-refractivity contribution < 1.29 is 18.3 Å². The van der Waals surface area contributed by atoms with Crippen LogP contribution in [0.2, 0.25) is 0 Å². The van der Waals surface area contributed by atoms with Crippen molar-refractivity contribution in [2.75, 3.05) is 26.9 Å². The van der Waals surface area contributed by atoms with Crippen LogP contribution in [0.5, 0.6) is 0 Å². The van der Waals surface area contributed by atoms with Gasteiger partial charge in [-0.3, -0.25) is 4.68 Å². The van der Waals surface area contributed by atoms with E-state index in [1.807, 2.05) is 0 Å². The lowest BCUT2D eigenvalue weighted by molar-refractivity contribution is 0.192. The molecule has 0 spiro atoms. The largest absolute Gasteiger partial charge is 0.394 e. The highest BCUT2D eigenvalue weighted by atomic mass is 32.2. The van der Waals surface area contributed by atoms with Gasteiger partial charge in [-0.1, -0.05) is 0 Å². The number of hydrogen-bond acceptors (Lipinski definition) is 5. The number of nitrogens with zero attached hydrogens (tertiary/aromatic N) is 2. The number of rotatable bonds is 10. The number of sulfonamides is 1. The van der Waals surface area contributed by atoms with Crippen molar-refractivity contribution in [2.45, 2.75) is 44.6 Å². The van der Waals surface area contributed by atoms with Gasteiger partial charge in [-0.15, -0.1) is 0 Å². The quantitative estimate of drug-likeness (QED) is 0.616. The maximum absolute atomic E-state index is 12.3. The summed E-state index contributed by atoms with van der Waals surface area (Å²) in [4.78, 5) is 0.216. The van der Waals surface area contributed by atoms with Gasteiger partial charge >= 0.3 is 0 Å². The van der Waals surface area contributed by atoms with E-state index in [1.54, 1.807) is 21.0 Å². The Morgan fingerprint density at radius 3 is 2.62 bits per heavy atom. The Hall–Kier alpha value is -0.960. The van der Waals surface area contributed by atoms with E-state index >= 15 is 0 Å². The molecular formula is C13H25N3O4S. The summed E-state index contributed by atoms with van der Waals surface area (Å²) in [6.45, 7) is 4.67. The van der Waals surface area contributed by atoms with Crippen molar-refractivity contribution in [3.05, 3.63) is 11.4 Å². The van der Waals surface area contributed by atoms with Gasteiger partial charge in [-0.25, -0.2) is 13.1 Å². The van der Waals surface area contributed by atoms with Gasteiger partial charge in [0.2, 0.25) is 10.0 Å². The maximum Gasteiger partial charge on any atom is 0.244 e. The number of aliphatic hydroxyl groups is 1. The number of methoxy groups -OCH3 is 1. The number of hydrogen-bond donors (Lipinski definition) is 2. The summed E-state index contributed by atoms with van der Waals surface area (Å²) in [5.41, 5.74) is 1.00. The molecule has 0 bridgehead atoms. The molecule has 0 saturated heterocycles. The Balaban J connectivity index is 2.66. The second-order valence-electron chi connectivity index (χ2n) is 4.90. The van der Waals surface area contributed by atoms with E-state index in [4.69, 9.17) is 9.84 Å². The van der Waals surface area contributed by atoms with E-state index in [-0.39, 0.29) is 11.5 Å². The molecule has 7 nitrogen and oxygen atoms in total. The summed E-state index contributed by atoms with van der Waals surface area (Å²) < 4.78 is 33.7. The molecule has 0 fully saturated rings. The molecule has 0 radical (unpaired) electrons. The molecule has 2 N–H and O–H groups in total. The SMILES string of the molecule is COCCCCCNS(=O)(=O)c1c(C)nn(CCO)c1C. The van der Waals surface area contributed by atoms with Gasteiger partial charge in [0.25, 0.3) is 0 Å². The topological polar surface area (TPSA) is 93.5 Å². The lowest BCUT2D eigenvalue weighted by Crippen LogP contribution is -2.26. The minimum atomic E-state index is -3.56. The van der Waals surface area contributed by atoms with Gasteiger partial charge in [0.05, 0.1) is 24.5 Å². The van der Waals surface area contributed by atoms with Gasteiger partial charge in [0.1, 0.15) is 4.90 Å². The predicted molar refractivity (Wildman–Crippen MR) is 79.7 cm³/mol. The van der Waals surface area contributed by atoms with Crippen molar-refractivity contribution in [1.29, 1.82) is 0 Å². The smallest absolute Gasteiger partial charge is 0.244 e. The van der Waals surface area contributed by atoms with Crippen LogP contribution < -0.4 is 4.72 Å². The van der Waals surface area contributed by atoms with Crippen LogP contribution in [0.1, 0.15) is 30.7 Å². The molecule has 0 aliphatic rings. The van der Waals surface area contributed by atoms with Crippen LogP contribution in [0.25, 0.3) is 0 Å². The van der Waals surface area contributed by atoms with Gasteiger partial charge in [0, 0.05) is 20.3 Å². The van der Waals surface area contributed by atoms with Gasteiger partial charge in [-0.2, -0.15) is 5.10 Å². The van der Waals surface area contributed by atoms with E-state index in [2.05, 4.69) is 9.82 Å². The lowest BCUT2D eigenvalue weighted by atomic mass is 10.2. The molecule has 1 heterocycles. The van der Waals surface area contributed by atoms with Crippen molar-refractivity contribution in [3.8, 4) is 0 Å². The van der Waals surface area contributed by atoms with Crippen LogP contribution in [0.4, 0.5) is 0 Å². The Morgan fingerprint density at radius 1 is 1.29 bits per heavy atom. The minimum absolute atomic E-state index is 0.0750. The van der Waals surface area contributed by atoms with Gasteiger partial charge in [0.15, 0.2) is 0 Å². The summed E-state index contributed by atoms with van der Waals surface area (Å²) in [5.74, 6) is 0. The molecule has 1 aromatic rings. The molecule has 1 rings (SSSR count). The van der Waals surface area contributed by atoms with Crippen LogP contribution in [-0.2, 0) is 21.3 Å². The first-order chi connectivity index (χ1) is 9.94. The molecule has 0 unspecified atom stereocenters. The molecule has 0 atom stereocenters. The molecule has 0 amide bonds. The number of aromatic nitrogens is 2. The Bertz CT molecular complexity index is 540. The number of nitrogens with one attached hydrogen (secondary N) is 1. The van der Waals surface area contributed by atoms with Crippen LogP contribution in [-0.4, -0.2) is 50.2 Å². The fraction of sp³-hybridized carbons (Fsp3) is 0.769. The Labute approximate surface area is 126 Å². The average Bonchev–Trinajstić information content (AvgIpc) is 2.69. The molecule has 21 heavy (non-hydrogen) atoms. The van der Waals surface area contributed by atoms with E-state index < -0.39 is 10.0 Å². The molecular weight excluding hydrogens is 294 g/mol. The minimum Gasteiger partial charge on any atom is -0.394 e. The van der Waals surface area contributed by atoms with E-state index in [0.29, 0.717) is 31.1 Å². The first kappa shape index (κ1) is 18.1. The van der Waals surface area contributed by atoms with E-state index in [9.17, 15) is 8.42 Å². The highest BCUT2D eigenvalue weighted by Crippen LogP contribution is 2.19. The molecule has 122 valence electrons. The molecule has 0 saturated carbocycles. The third kappa shape index (κ3) is 5.06. The van der Waals surface area contributed by atoms with Crippen molar-refractivity contribution >= 4 is 10.0 Å². The molecule has 0 aliphatic carbocycles. The zero-order chi connectivity index (χ0) is 15.9. The van der Waals surface area contributed by atoms with Gasteiger partial charge in [-0.05, 0) is 33.1 Å². The second-order valence-corrected chi connectivity index (χ2v) is 6.60. The monoisotopic (exact) mass is 319 g/mol. The second kappa shape index (κ2) is 8.47. The van der Waals surface area contributed by atoms with Crippen molar-refractivity contribution in [3.63, 3.8) is 0 Å². The molecule has 0 aliphatic heterocycles. The molecule has 8 heteroatoms. The molecule has 0 aromatic carbocycles. The van der Waals surface area contributed by atoms with Crippen LogP contribution in [0, 0.1) is 13.8 Å². The zero-order valence-corrected chi connectivity index (χ0v) is 13.7. The summed E-state index contributed by atoms with van der Waals surface area (Å²) in [6, 6.07) is 0. The third-order valence-corrected chi connectivity index (χ3v) is 4.93. The molecule has 1 aromatic heterocycles. The first-order valence-corrected chi connectivity index (χ1v) is 8.55. The Kier molecular flexibility index (Phi) is 7.30. The first-order valence-electron chi connectivity index (χ1n) is 7.07. The van der Waals surface area contributed by atoms with Crippen molar-refractivity contribution in [2.24, 2.45) is 0 Å². The van der Waals surface area contributed by atoms with Gasteiger partial charge < -0.3 is 9.84 Å². The third-order valence-electron chi connectivity index (χ3n) is 3.21. The number of aliphatic hydroxyl groups excluding tert-OH is 1. The summed E-state index contributed by atoms with van der Waals surface area (Å²) >= 11 is 0. The van der Waals surface area contributed by atoms with Crippen LogP contribution >= 0.6 is 0 Å². The standard InChI is InChI=1S/C13H25N3O4S/c1-11-13(12(2)16(15-11)8-9-17)21(18,19)14-7-5-4-6-10-20-3/h14,17H,4-10H2,1-3H3. The lowest BCUT2D eigenvalue weighted by Gasteiger charge is -2.07. The zero-order valence-electron chi connectivity index (χ0n) is 12.9. The number of ether oxygens (including phenoxy) is 1. The number of aryl methyl sites for hydroxylation is 1. The van der Waals surface area contributed by atoms with Crippen LogP contribution in [0.3, 0.4) is 0 Å². The number of unbranched alkanes of at least 4 members (excludes halogenated alkanes) is 2. The fourth-order valence-corrected chi connectivity index (χ4v) is 3.69. The summed E-state index contributed by atoms with van der Waals surface area (Å²) in [6.07, 6.45) is 2.61. The van der Waals surface area contributed by atoms with E-state index in [1.165, 1.54) is 4.68 Å². The van der Waals surface area contributed by atoms with Crippen LogP contribution in [0.15, 0.2) is 4.90 Å².